The molecule has 0 saturated carbocycles. The summed E-state index contributed by atoms with van der Waals surface area (Å²) in [5.41, 5.74) is 2.10. The average Bonchev–Trinajstić information content (AvgIpc) is 2.94. The van der Waals surface area contributed by atoms with Crippen molar-refractivity contribution in [2.75, 3.05) is 6.54 Å². The molecule has 2 aromatic rings. The third-order valence-electron chi connectivity index (χ3n) is 3.19. The lowest BCUT2D eigenvalue weighted by atomic mass is 10.0. The Hall–Kier alpha value is -1.68. The van der Waals surface area contributed by atoms with Crippen LogP contribution in [0.5, 0.6) is 0 Å². The summed E-state index contributed by atoms with van der Waals surface area (Å²) < 4.78 is 0. The highest BCUT2D eigenvalue weighted by atomic mass is 15.0. The maximum absolute atomic E-state index is 4.65. The van der Waals surface area contributed by atoms with Crippen molar-refractivity contribution in [1.82, 2.24) is 20.3 Å². The largest absolute Gasteiger partial charge is 0.367 e. The Bertz CT molecular complexity index is 472. The highest BCUT2D eigenvalue weighted by Crippen LogP contribution is 2.22. The van der Waals surface area contributed by atoms with E-state index < -0.39 is 0 Å². The van der Waals surface area contributed by atoms with Crippen molar-refractivity contribution in [2.24, 2.45) is 0 Å². The molecule has 1 fully saturated rings. The summed E-state index contributed by atoms with van der Waals surface area (Å²) in [6.45, 7) is 1.07. The molecule has 2 N–H and O–H groups in total. The zero-order valence-electron chi connectivity index (χ0n) is 9.69. The zero-order valence-corrected chi connectivity index (χ0v) is 9.69. The van der Waals surface area contributed by atoms with E-state index in [1.807, 2.05) is 30.7 Å². The first-order valence-corrected chi connectivity index (χ1v) is 6.13. The second kappa shape index (κ2) is 4.67. The lowest BCUT2D eigenvalue weighted by Gasteiger charge is -2.22. The molecule has 0 aliphatic carbocycles. The summed E-state index contributed by atoms with van der Waals surface area (Å²) in [5.74, 6) is 0.920. The van der Waals surface area contributed by atoms with Gasteiger partial charge >= 0.3 is 0 Å². The number of nitrogens with zero attached hydrogens (tertiary/aromatic N) is 2. The van der Waals surface area contributed by atoms with Crippen molar-refractivity contribution in [3.63, 3.8) is 0 Å². The van der Waals surface area contributed by atoms with E-state index in [2.05, 4.69) is 20.3 Å². The highest BCUT2D eigenvalue weighted by molar-refractivity contribution is 5.57. The number of rotatable bonds is 2. The van der Waals surface area contributed by atoms with Gasteiger partial charge in [0.1, 0.15) is 5.82 Å². The van der Waals surface area contributed by atoms with Gasteiger partial charge in [-0.1, -0.05) is 6.42 Å². The van der Waals surface area contributed by atoms with Gasteiger partial charge in [-0.3, -0.25) is 0 Å². The minimum Gasteiger partial charge on any atom is -0.367 e. The van der Waals surface area contributed by atoms with E-state index in [1.165, 1.54) is 12.8 Å². The summed E-state index contributed by atoms with van der Waals surface area (Å²) in [4.78, 5) is 12.1. The van der Waals surface area contributed by atoms with E-state index in [4.69, 9.17) is 0 Å². The normalized spacial score (nSPS) is 20.4. The molecule has 1 aliphatic heterocycles. The van der Waals surface area contributed by atoms with Gasteiger partial charge in [0.05, 0.1) is 11.7 Å². The molecule has 4 nitrogen and oxygen atoms in total. The molecule has 3 heterocycles. The number of aromatic amines is 1. The number of hydrogen-bond donors (Lipinski definition) is 2. The van der Waals surface area contributed by atoms with Crippen LogP contribution in [-0.4, -0.2) is 21.5 Å². The van der Waals surface area contributed by atoms with E-state index in [9.17, 15) is 0 Å². The molecule has 0 aromatic carbocycles. The number of piperidine rings is 1. The fraction of sp³-hybridized carbons (Fsp3) is 0.385. The first-order chi connectivity index (χ1) is 8.43. The van der Waals surface area contributed by atoms with E-state index in [0.717, 1.165) is 30.0 Å². The van der Waals surface area contributed by atoms with Crippen LogP contribution < -0.4 is 5.32 Å². The summed E-state index contributed by atoms with van der Waals surface area (Å²) in [6.07, 6.45) is 9.37. The lowest BCUT2D eigenvalue weighted by molar-refractivity contribution is 0.397. The maximum atomic E-state index is 4.65. The second-order valence-electron chi connectivity index (χ2n) is 4.40. The van der Waals surface area contributed by atoms with Gasteiger partial charge in [0.15, 0.2) is 0 Å². The molecule has 1 aliphatic rings. The highest BCUT2D eigenvalue weighted by Gasteiger charge is 2.17. The number of H-pyrrole nitrogens is 1. The third kappa shape index (κ3) is 2.22. The topological polar surface area (TPSA) is 53.6 Å². The van der Waals surface area contributed by atoms with Crippen LogP contribution in [-0.2, 0) is 0 Å². The Morgan fingerprint density at radius 2 is 2.24 bits per heavy atom. The molecule has 17 heavy (non-hydrogen) atoms. The Kier molecular flexibility index (Phi) is 2.88. The first kappa shape index (κ1) is 10.5. The summed E-state index contributed by atoms with van der Waals surface area (Å²) >= 11 is 0. The molecule has 0 spiro atoms. The molecule has 88 valence electrons. The molecular weight excluding hydrogens is 212 g/mol. The minimum absolute atomic E-state index is 0.322. The van der Waals surface area contributed by atoms with Crippen molar-refractivity contribution in [2.45, 2.75) is 25.3 Å². The molecule has 1 unspecified atom stereocenters. The molecule has 1 saturated heterocycles. The van der Waals surface area contributed by atoms with Gasteiger partial charge in [-0.15, -0.1) is 0 Å². The predicted octanol–water partition coefficient (Wildman–Crippen LogP) is 2.29. The van der Waals surface area contributed by atoms with E-state index >= 15 is 0 Å². The molecule has 2 aromatic heterocycles. The van der Waals surface area contributed by atoms with Gasteiger partial charge < -0.3 is 10.3 Å². The quantitative estimate of drug-likeness (QED) is 0.829. The standard InChI is InChI=1S/C13H16N4/c1-2-6-15-12(3-1)13-16-8-5-11(17-13)10-4-7-14-9-10/h4-5,7-9,12,14-15H,1-3,6H2. The molecule has 4 heteroatoms. The Labute approximate surface area is 101 Å². The van der Waals surface area contributed by atoms with Crippen molar-refractivity contribution in [3.05, 3.63) is 36.5 Å². The fourth-order valence-corrected chi connectivity index (χ4v) is 2.26. The van der Waals surface area contributed by atoms with Crippen LogP contribution in [0.1, 0.15) is 31.1 Å². The van der Waals surface area contributed by atoms with Crippen LogP contribution in [0.3, 0.4) is 0 Å². The van der Waals surface area contributed by atoms with Crippen LogP contribution in [0, 0.1) is 0 Å². The Morgan fingerprint density at radius 1 is 1.24 bits per heavy atom. The molecule has 1 atom stereocenters. The number of hydrogen-bond acceptors (Lipinski definition) is 3. The van der Waals surface area contributed by atoms with E-state index in [0.29, 0.717) is 6.04 Å². The van der Waals surface area contributed by atoms with Gasteiger partial charge in [0.2, 0.25) is 0 Å². The number of nitrogens with one attached hydrogen (secondary N) is 2. The zero-order chi connectivity index (χ0) is 11.5. The van der Waals surface area contributed by atoms with Crippen molar-refractivity contribution in [3.8, 4) is 11.3 Å². The van der Waals surface area contributed by atoms with Gasteiger partial charge in [-0.05, 0) is 31.5 Å². The maximum Gasteiger partial charge on any atom is 0.145 e. The summed E-state index contributed by atoms with van der Waals surface area (Å²) in [5, 5.41) is 3.48. The first-order valence-electron chi connectivity index (χ1n) is 6.13. The van der Waals surface area contributed by atoms with Crippen LogP contribution >= 0.6 is 0 Å². The monoisotopic (exact) mass is 228 g/mol. The molecule has 0 amide bonds. The number of aromatic nitrogens is 3. The lowest BCUT2D eigenvalue weighted by Crippen LogP contribution is -2.28. The van der Waals surface area contributed by atoms with Gasteiger partial charge in [0, 0.05) is 24.2 Å². The molecule has 3 rings (SSSR count). The molecule has 0 bridgehead atoms. The van der Waals surface area contributed by atoms with E-state index in [-0.39, 0.29) is 0 Å². The van der Waals surface area contributed by atoms with Crippen LogP contribution in [0.15, 0.2) is 30.7 Å². The van der Waals surface area contributed by atoms with Crippen LogP contribution in [0.4, 0.5) is 0 Å². The van der Waals surface area contributed by atoms with Crippen molar-refractivity contribution in [1.29, 1.82) is 0 Å². The Balaban J connectivity index is 1.88. The van der Waals surface area contributed by atoms with Gasteiger partial charge in [-0.2, -0.15) is 0 Å². The van der Waals surface area contributed by atoms with Gasteiger partial charge in [0.25, 0.3) is 0 Å². The van der Waals surface area contributed by atoms with Crippen molar-refractivity contribution < 1.29 is 0 Å². The Morgan fingerprint density at radius 3 is 3.00 bits per heavy atom. The average molecular weight is 228 g/mol. The molecular formula is C13H16N4. The summed E-state index contributed by atoms with van der Waals surface area (Å²) in [6, 6.07) is 4.30. The fourth-order valence-electron chi connectivity index (χ4n) is 2.26. The van der Waals surface area contributed by atoms with E-state index in [1.54, 1.807) is 0 Å². The third-order valence-corrected chi connectivity index (χ3v) is 3.19. The second-order valence-corrected chi connectivity index (χ2v) is 4.40. The van der Waals surface area contributed by atoms with Gasteiger partial charge in [-0.25, -0.2) is 9.97 Å². The van der Waals surface area contributed by atoms with Crippen LogP contribution in [0.2, 0.25) is 0 Å². The SMILES string of the molecule is c1cc(-c2cc[nH]c2)nc(C2CCCCN2)n1. The summed E-state index contributed by atoms with van der Waals surface area (Å²) in [7, 11) is 0. The predicted molar refractivity (Wildman–Crippen MR) is 66.4 cm³/mol. The minimum atomic E-state index is 0.322. The molecule has 0 radical (unpaired) electrons. The van der Waals surface area contributed by atoms with Crippen molar-refractivity contribution >= 4 is 0 Å². The van der Waals surface area contributed by atoms with Crippen LogP contribution in [0.25, 0.3) is 11.3 Å². The smallest absolute Gasteiger partial charge is 0.145 e.